The highest BCUT2D eigenvalue weighted by atomic mass is 79.9. The van der Waals surface area contributed by atoms with Crippen molar-refractivity contribution in [1.29, 1.82) is 0 Å². The molecule has 2 rings (SSSR count). The molecule has 96 valence electrons. The zero-order chi connectivity index (χ0) is 13.0. The molecule has 0 unspecified atom stereocenters. The Hall–Kier alpha value is 0.0269. The summed E-state index contributed by atoms with van der Waals surface area (Å²) in [6.07, 6.45) is 1.45. The van der Waals surface area contributed by atoms with Crippen molar-refractivity contribution in [1.82, 2.24) is 0 Å². The van der Waals surface area contributed by atoms with Crippen LogP contribution in [0.3, 0.4) is 0 Å². The van der Waals surface area contributed by atoms with Crippen molar-refractivity contribution < 1.29 is 14.0 Å². The first-order valence-electron chi connectivity index (χ1n) is 5.88. The Morgan fingerprint density at radius 3 is 2.53 bits per heavy atom. The fourth-order valence-corrected chi connectivity index (χ4v) is 3.38. The van der Waals surface area contributed by atoms with E-state index in [0.29, 0.717) is 4.48 Å². The molecule has 0 amide bonds. The summed E-state index contributed by atoms with van der Waals surface area (Å²) < 4.78 is 12.3. The van der Waals surface area contributed by atoms with E-state index < -0.39 is 8.32 Å². The number of rotatable bonds is 2. The van der Waals surface area contributed by atoms with E-state index >= 15 is 0 Å². The SMILES string of the molecule is CC(C)(C)[Si](C)(C)O[C@H]1C=C(Br)C(=O)[C@@H]2O[C@H]12. The third-order valence-electron chi connectivity index (χ3n) is 3.89. The predicted octanol–water partition coefficient (Wildman–Crippen LogP) is 3.01. The topological polar surface area (TPSA) is 38.8 Å². The number of ketones is 1. The molecule has 5 heteroatoms. The predicted molar refractivity (Wildman–Crippen MR) is 72.7 cm³/mol. The summed E-state index contributed by atoms with van der Waals surface area (Å²) in [5.74, 6) is 0.0464. The highest BCUT2D eigenvalue weighted by molar-refractivity contribution is 9.12. The first-order chi connectivity index (χ1) is 7.63. The summed E-state index contributed by atoms with van der Waals surface area (Å²) in [5.41, 5.74) is 0. The summed E-state index contributed by atoms with van der Waals surface area (Å²) in [5, 5.41) is 0.166. The average molecular weight is 319 g/mol. The number of hydrogen-bond acceptors (Lipinski definition) is 3. The van der Waals surface area contributed by atoms with Gasteiger partial charge in [-0.25, -0.2) is 0 Å². The van der Waals surface area contributed by atoms with Gasteiger partial charge >= 0.3 is 0 Å². The van der Waals surface area contributed by atoms with E-state index in [1.807, 2.05) is 6.08 Å². The molecule has 0 saturated carbocycles. The van der Waals surface area contributed by atoms with Gasteiger partial charge in [0.1, 0.15) is 6.10 Å². The molecular formula is C12H19BrO3Si. The molecule has 0 aromatic carbocycles. The van der Waals surface area contributed by atoms with Crippen molar-refractivity contribution in [3.63, 3.8) is 0 Å². The van der Waals surface area contributed by atoms with E-state index in [9.17, 15) is 4.79 Å². The van der Waals surface area contributed by atoms with Gasteiger partial charge in [0.05, 0.1) is 10.6 Å². The van der Waals surface area contributed by atoms with E-state index in [1.54, 1.807) is 0 Å². The van der Waals surface area contributed by atoms with Crippen molar-refractivity contribution in [2.24, 2.45) is 0 Å². The zero-order valence-electron chi connectivity index (χ0n) is 10.9. The third-order valence-corrected chi connectivity index (χ3v) is 9.02. The van der Waals surface area contributed by atoms with Crippen LogP contribution >= 0.6 is 15.9 Å². The zero-order valence-corrected chi connectivity index (χ0v) is 13.5. The standard InChI is InChI=1S/C12H19BrO3Si/c1-12(2,3)17(4,5)16-8-6-7(13)9(14)11-10(8)15-11/h6,8,10-11H,1-5H3/t8-,10+,11-/m0/s1. The molecule has 1 saturated heterocycles. The quantitative estimate of drug-likeness (QED) is 0.580. The van der Waals surface area contributed by atoms with Crippen molar-refractivity contribution in [3.8, 4) is 0 Å². The average Bonchev–Trinajstić information content (AvgIpc) is 2.91. The second kappa shape index (κ2) is 4.01. The van der Waals surface area contributed by atoms with Crippen LogP contribution in [0.1, 0.15) is 20.8 Å². The normalized spacial score (nSPS) is 33.2. The van der Waals surface area contributed by atoms with Crippen LogP contribution in [0.4, 0.5) is 0 Å². The molecule has 1 heterocycles. The molecule has 0 radical (unpaired) electrons. The smallest absolute Gasteiger partial charge is 0.201 e. The fourth-order valence-electron chi connectivity index (χ4n) is 1.66. The molecular weight excluding hydrogens is 300 g/mol. The molecule has 0 bridgehead atoms. The van der Waals surface area contributed by atoms with Gasteiger partial charge in [-0.15, -0.1) is 0 Å². The van der Waals surface area contributed by atoms with E-state index in [0.717, 1.165) is 0 Å². The van der Waals surface area contributed by atoms with Crippen molar-refractivity contribution in [3.05, 3.63) is 10.6 Å². The van der Waals surface area contributed by atoms with Crippen LogP contribution in [0.15, 0.2) is 10.6 Å². The van der Waals surface area contributed by atoms with Gasteiger partial charge in [-0.1, -0.05) is 20.8 Å². The lowest BCUT2D eigenvalue weighted by molar-refractivity contribution is -0.116. The number of fused-ring (bicyclic) bond motifs is 1. The molecule has 3 nitrogen and oxygen atoms in total. The summed E-state index contributed by atoms with van der Waals surface area (Å²) in [4.78, 5) is 11.6. The third kappa shape index (κ3) is 2.43. The molecule has 0 N–H and O–H groups in total. The first kappa shape index (κ1) is 13.5. The number of hydrogen-bond donors (Lipinski definition) is 0. The monoisotopic (exact) mass is 318 g/mol. The van der Waals surface area contributed by atoms with Gasteiger partial charge in [0.25, 0.3) is 0 Å². The number of epoxide rings is 1. The maximum absolute atomic E-state index is 11.6. The van der Waals surface area contributed by atoms with E-state index in [1.165, 1.54) is 0 Å². The van der Waals surface area contributed by atoms with E-state index in [4.69, 9.17) is 9.16 Å². The Morgan fingerprint density at radius 1 is 1.41 bits per heavy atom. The van der Waals surface area contributed by atoms with Gasteiger partial charge in [-0.05, 0) is 40.1 Å². The molecule has 0 spiro atoms. The maximum atomic E-state index is 11.6. The van der Waals surface area contributed by atoms with Crippen LogP contribution in [-0.4, -0.2) is 32.4 Å². The van der Waals surface area contributed by atoms with Crippen LogP contribution in [0.2, 0.25) is 18.1 Å². The second-order valence-electron chi connectivity index (χ2n) is 6.24. The number of ether oxygens (including phenoxy) is 1. The molecule has 3 atom stereocenters. The van der Waals surface area contributed by atoms with Gasteiger partial charge in [-0.3, -0.25) is 4.79 Å². The van der Waals surface area contributed by atoms with Gasteiger partial charge in [-0.2, -0.15) is 0 Å². The molecule has 0 aromatic rings. The fraction of sp³-hybridized carbons (Fsp3) is 0.750. The molecule has 1 fully saturated rings. The van der Waals surface area contributed by atoms with Crippen LogP contribution in [-0.2, 0) is 14.0 Å². The second-order valence-corrected chi connectivity index (χ2v) is 11.9. The van der Waals surface area contributed by atoms with Gasteiger partial charge < -0.3 is 9.16 Å². The Morgan fingerprint density at radius 2 is 2.00 bits per heavy atom. The van der Waals surface area contributed by atoms with Gasteiger partial charge in [0, 0.05) is 0 Å². The Labute approximate surface area is 112 Å². The van der Waals surface area contributed by atoms with Crippen molar-refractivity contribution >= 4 is 30.0 Å². The molecule has 17 heavy (non-hydrogen) atoms. The largest absolute Gasteiger partial charge is 0.408 e. The van der Waals surface area contributed by atoms with Gasteiger partial charge in [0.2, 0.25) is 5.78 Å². The molecule has 1 aliphatic carbocycles. The lowest BCUT2D eigenvalue weighted by atomic mass is 10.0. The number of carbonyl (C=O) groups is 1. The summed E-state index contributed by atoms with van der Waals surface area (Å²) in [7, 11) is -1.82. The Balaban J connectivity index is 2.13. The Bertz CT molecular complexity index is 384. The van der Waals surface area contributed by atoms with Crippen LogP contribution in [0, 0.1) is 0 Å². The maximum Gasteiger partial charge on any atom is 0.201 e. The van der Waals surface area contributed by atoms with Gasteiger partial charge in [0.15, 0.2) is 14.4 Å². The first-order valence-corrected chi connectivity index (χ1v) is 9.58. The minimum absolute atomic E-state index is 0.0464. The highest BCUT2D eigenvalue weighted by Crippen LogP contribution is 2.43. The number of Topliss-reactive ketones (excluding diaryl/α,β-unsaturated/α-hetero) is 1. The lowest BCUT2D eigenvalue weighted by Gasteiger charge is -2.38. The molecule has 2 aliphatic rings. The van der Waals surface area contributed by atoms with E-state index in [-0.39, 0.29) is 29.1 Å². The molecule has 0 aromatic heterocycles. The summed E-state index contributed by atoms with van der Waals surface area (Å²) in [6, 6.07) is 0. The van der Waals surface area contributed by atoms with Crippen LogP contribution in [0.5, 0.6) is 0 Å². The minimum atomic E-state index is -1.82. The van der Waals surface area contributed by atoms with Crippen LogP contribution < -0.4 is 0 Å². The van der Waals surface area contributed by atoms with Crippen molar-refractivity contribution in [2.45, 2.75) is 57.2 Å². The van der Waals surface area contributed by atoms with Crippen LogP contribution in [0.25, 0.3) is 0 Å². The Kier molecular flexibility index (Phi) is 3.18. The molecule has 1 aliphatic heterocycles. The minimum Gasteiger partial charge on any atom is -0.408 e. The number of halogens is 1. The summed E-state index contributed by atoms with van der Waals surface area (Å²) in [6.45, 7) is 11.0. The van der Waals surface area contributed by atoms with E-state index in [2.05, 4.69) is 49.8 Å². The van der Waals surface area contributed by atoms with Crippen molar-refractivity contribution in [2.75, 3.05) is 0 Å². The number of carbonyl (C=O) groups excluding carboxylic acids is 1. The summed E-state index contributed by atoms with van der Waals surface area (Å²) >= 11 is 3.29. The lowest BCUT2D eigenvalue weighted by Crippen LogP contribution is -2.46. The highest BCUT2D eigenvalue weighted by Gasteiger charge is 2.55.